The van der Waals surface area contributed by atoms with Crippen molar-refractivity contribution >= 4 is 10.1 Å². The zero-order valence-corrected chi connectivity index (χ0v) is 8.99. The minimum absolute atomic E-state index is 0.0219. The van der Waals surface area contributed by atoms with Crippen LogP contribution in [-0.2, 0) is 10.1 Å². The Hall–Kier alpha value is -1.11. The van der Waals surface area contributed by atoms with Gasteiger partial charge in [0.15, 0.2) is 0 Å². The molecule has 0 bridgehead atoms. The molecule has 0 atom stereocenters. The highest BCUT2D eigenvalue weighted by molar-refractivity contribution is 7.86. The number of benzene rings is 1. The summed E-state index contributed by atoms with van der Waals surface area (Å²) in [7, 11) is -4.29. The molecule has 0 aliphatic heterocycles. The minimum Gasteiger partial charge on any atom is -0.490 e. The molecule has 0 unspecified atom stereocenters. The van der Waals surface area contributed by atoms with Gasteiger partial charge in [-0.15, -0.1) is 0 Å². The maximum atomic E-state index is 10.9. The third-order valence-corrected chi connectivity index (χ3v) is 2.62. The normalized spacial score (nSPS) is 11.4. The van der Waals surface area contributed by atoms with Gasteiger partial charge in [0.2, 0.25) is 0 Å². The van der Waals surface area contributed by atoms with Gasteiger partial charge >= 0.3 is 0 Å². The molecule has 2 N–H and O–H groups in total. The first kappa shape index (κ1) is 12.0. The van der Waals surface area contributed by atoms with Gasteiger partial charge in [0, 0.05) is 0 Å². The summed E-state index contributed by atoms with van der Waals surface area (Å²) in [5.74, 6) is 0.0477. The highest BCUT2D eigenvalue weighted by atomic mass is 32.2. The summed E-state index contributed by atoms with van der Waals surface area (Å²) in [5.41, 5.74) is 0.801. The molecule has 0 amide bonds. The average Bonchev–Trinajstić information content (AvgIpc) is 2.12. The van der Waals surface area contributed by atoms with Gasteiger partial charge in [-0.25, -0.2) is 0 Å². The molecule has 0 radical (unpaired) electrons. The van der Waals surface area contributed by atoms with Gasteiger partial charge in [0.1, 0.15) is 17.3 Å². The van der Waals surface area contributed by atoms with E-state index in [4.69, 9.17) is 14.4 Å². The van der Waals surface area contributed by atoms with E-state index in [1.54, 1.807) is 13.0 Å². The Kier molecular flexibility index (Phi) is 3.67. The average molecular weight is 232 g/mol. The summed E-state index contributed by atoms with van der Waals surface area (Å²) in [6, 6.07) is 4.30. The second kappa shape index (κ2) is 4.61. The van der Waals surface area contributed by atoms with E-state index in [1.165, 1.54) is 12.1 Å². The quantitative estimate of drug-likeness (QED) is 0.743. The van der Waals surface area contributed by atoms with Crippen molar-refractivity contribution in [2.45, 2.75) is 11.8 Å². The van der Waals surface area contributed by atoms with E-state index in [0.29, 0.717) is 0 Å². The van der Waals surface area contributed by atoms with Crippen molar-refractivity contribution < 1.29 is 22.8 Å². The Bertz CT molecular complexity index is 438. The molecule has 15 heavy (non-hydrogen) atoms. The van der Waals surface area contributed by atoms with Crippen LogP contribution >= 0.6 is 0 Å². The van der Waals surface area contributed by atoms with E-state index in [9.17, 15) is 8.42 Å². The maximum Gasteiger partial charge on any atom is 0.298 e. The first-order valence-corrected chi connectivity index (χ1v) is 5.71. The number of rotatable bonds is 4. The molecule has 0 heterocycles. The standard InChI is InChI=1S/C9H12O5S/c1-7-2-3-9(15(11,12)13)8(6-7)14-5-4-10/h2-3,6,10H,4-5H2,1H3,(H,11,12,13). The summed E-state index contributed by atoms with van der Waals surface area (Å²) < 4.78 is 35.8. The minimum atomic E-state index is -4.29. The number of aliphatic hydroxyl groups is 1. The van der Waals surface area contributed by atoms with E-state index in [2.05, 4.69) is 0 Å². The summed E-state index contributed by atoms with van der Waals surface area (Å²) >= 11 is 0. The van der Waals surface area contributed by atoms with Gasteiger partial charge in [0.25, 0.3) is 10.1 Å². The lowest BCUT2D eigenvalue weighted by atomic mass is 10.2. The molecule has 1 aromatic carbocycles. The van der Waals surface area contributed by atoms with E-state index in [1.807, 2.05) is 0 Å². The smallest absolute Gasteiger partial charge is 0.298 e. The molecule has 1 aromatic rings. The van der Waals surface area contributed by atoms with Crippen LogP contribution in [0.4, 0.5) is 0 Å². The number of ether oxygens (including phenoxy) is 1. The molecule has 0 aliphatic carbocycles. The highest BCUT2D eigenvalue weighted by Crippen LogP contribution is 2.24. The van der Waals surface area contributed by atoms with Gasteiger partial charge in [-0.05, 0) is 24.6 Å². The molecule has 0 aromatic heterocycles. The second-order valence-electron chi connectivity index (χ2n) is 3.00. The Balaban J connectivity index is 3.15. The highest BCUT2D eigenvalue weighted by Gasteiger charge is 2.16. The van der Waals surface area contributed by atoms with Crippen LogP contribution in [0.2, 0.25) is 0 Å². The SMILES string of the molecule is Cc1ccc(S(=O)(=O)O)c(OCCO)c1. The molecule has 0 saturated heterocycles. The summed E-state index contributed by atoms with van der Waals surface area (Å²) in [5, 5.41) is 8.55. The Morgan fingerprint density at radius 1 is 1.40 bits per heavy atom. The number of hydrogen-bond donors (Lipinski definition) is 2. The van der Waals surface area contributed by atoms with Crippen molar-refractivity contribution in [3.8, 4) is 5.75 Å². The van der Waals surface area contributed by atoms with Crippen molar-refractivity contribution in [1.29, 1.82) is 0 Å². The lowest BCUT2D eigenvalue weighted by Crippen LogP contribution is -2.07. The van der Waals surface area contributed by atoms with Crippen LogP contribution in [0.15, 0.2) is 23.1 Å². The molecule has 1 rings (SSSR count). The van der Waals surface area contributed by atoms with Crippen LogP contribution in [0.1, 0.15) is 5.56 Å². The summed E-state index contributed by atoms with van der Waals surface area (Å²) in [4.78, 5) is -0.290. The van der Waals surface area contributed by atoms with Gasteiger partial charge in [-0.1, -0.05) is 6.07 Å². The molecule has 5 nitrogen and oxygen atoms in total. The first-order valence-electron chi connectivity index (χ1n) is 4.27. The van der Waals surface area contributed by atoms with Gasteiger partial charge in [0.05, 0.1) is 6.61 Å². The van der Waals surface area contributed by atoms with Crippen molar-refractivity contribution in [2.24, 2.45) is 0 Å². The van der Waals surface area contributed by atoms with E-state index in [0.717, 1.165) is 5.56 Å². The number of hydrogen-bond acceptors (Lipinski definition) is 4. The fraction of sp³-hybridized carbons (Fsp3) is 0.333. The van der Waals surface area contributed by atoms with Crippen LogP contribution < -0.4 is 4.74 Å². The zero-order valence-electron chi connectivity index (χ0n) is 8.17. The Labute approximate surface area is 88.1 Å². The van der Waals surface area contributed by atoms with E-state index in [-0.39, 0.29) is 23.9 Å². The Morgan fingerprint density at radius 2 is 2.07 bits per heavy atom. The van der Waals surface area contributed by atoms with Crippen LogP contribution in [0.5, 0.6) is 5.75 Å². The van der Waals surface area contributed by atoms with E-state index < -0.39 is 10.1 Å². The summed E-state index contributed by atoms with van der Waals surface area (Å²) in [6.45, 7) is 1.52. The lowest BCUT2D eigenvalue weighted by Gasteiger charge is -2.09. The first-order chi connectivity index (χ1) is 6.95. The van der Waals surface area contributed by atoms with Crippen molar-refractivity contribution in [3.63, 3.8) is 0 Å². The predicted molar refractivity (Wildman–Crippen MR) is 53.6 cm³/mol. The van der Waals surface area contributed by atoms with Crippen molar-refractivity contribution in [1.82, 2.24) is 0 Å². The molecule has 0 spiro atoms. The van der Waals surface area contributed by atoms with Crippen LogP contribution in [0, 0.1) is 6.92 Å². The van der Waals surface area contributed by atoms with Gasteiger partial charge < -0.3 is 9.84 Å². The maximum absolute atomic E-state index is 10.9. The fourth-order valence-corrected chi connectivity index (χ4v) is 1.71. The molecular formula is C9H12O5S. The summed E-state index contributed by atoms with van der Waals surface area (Å²) in [6.07, 6.45) is 0. The third-order valence-electron chi connectivity index (χ3n) is 1.73. The van der Waals surface area contributed by atoms with Gasteiger partial charge in [-0.2, -0.15) is 8.42 Å². The molecule has 0 saturated carbocycles. The monoisotopic (exact) mass is 232 g/mol. The predicted octanol–water partition coefficient (Wildman–Crippen LogP) is 0.613. The topological polar surface area (TPSA) is 83.8 Å². The Morgan fingerprint density at radius 3 is 2.60 bits per heavy atom. The second-order valence-corrected chi connectivity index (χ2v) is 4.39. The molecular weight excluding hydrogens is 220 g/mol. The fourth-order valence-electron chi connectivity index (χ4n) is 1.10. The number of aliphatic hydroxyl groups excluding tert-OH is 1. The van der Waals surface area contributed by atoms with Gasteiger partial charge in [-0.3, -0.25) is 4.55 Å². The van der Waals surface area contributed by atoms with E-state index >= 15 is 0 Å². The van der Waals surface area contributed by atoms with Crippen molar-refractivity contribution in [2.75, 3.05) is 13.2 Å². The lowest BCUT2D eigenvalue weighted by molar-refractivity contribution is 0.198. The van der Waals surface area contributed by atoms with Crippen LogP contribution in [0.3, 0.4) is 0 Å². The third kappa shape index (κ3) is 3.19. The molecule has 6 heteroatoms. The molecule has 0 fully saturated rings. The van der Waals surface area contributed by atoms with Crippen LogP contribution in [-0.4, -0.2) is 31.3 Å². The molecule has 0 aliphatic rings. The zero-order chi connectivity index (χ0) is 11.5. The van der Waals surface area contributed by atoms with Crippen LogP contribution in [0.25, 0.3) is 0 Å². The largest absolute Gasteiger partial charge is 0.490 e. The molecule has 84 valence electrons. The number of aryl methyl sites for hydroxylation is 1. The van der Waals surface area contributed by atoms with Crippen molar-refractivity contribution in [3.05, 3.63) is 23.8 Å².